The summed E-state index contributed by atoms with van der Waals surface area (Å²) >= 11 is 0. The first kappa shape index (κ1) is 14.9. The minimum absolute atomic E-state index is 0.105. The van der Waals surface area contributed by atoms with Crippen molar-refractivity contribution in [3.63, 3.8) is 0 Å². The van der Waals surface area contributed by atoms with Crippen molar-refractivity contribution < 1.29 is 14.3 Å². The Bertz CT molecular complexity index is 299. The maximum absolute atomic E-state index is 11.9. The lowest BCUT2D eigenvalue weighted by Crippen LogP contribution is -2.55. The van der Waals surface area contributed by atoms with E-state index in [1.807, 2.05) is 18.7 Å². The molecule has 0 radical (unpaired) electrons. The molecule has 3 amide bonds. The first-order valence-electron chi connectivity index (χ1n) is 6.42. The van der Waals surface area contributed by atoms with Crippen molar-refractivity contribution in [3.05, 3.63) is 0 Å². The van der Waals surface area contributed by atoms with Crippen molar-refractivity contribution in [2.75, 3.05) is 19.6 Å². The minimum atomic E-state index is -0.441. The number of urea groups is 1. The minimum Gasteiger partial charge on any atom is -0.373 e. The summed E-state index contributed by atoms with van der Waals surface area (Å²) in [6.45, 7) is 9.48. The van der Waals surface area contributed by atoms with Gasteiger partial charge in [-0.3, -0.25) is 15.0 Å². The Balaban J connectivity index is 2.49. The molecule has 1 saturated heterocycles. The van der Waals surface area contributed by atoms with Gasteiger partial charge in [-0.15, -0.1) is 0 Å². The summed E-state index contributed by atoms with van der Waals surface area (Å²) in [5, 5.41) is 4.87. The summed E-state index contributed by atoms with van der Waals surface area (Å²) in [5.41, 5.74) is 0. The topological polar surface area (TPSA) is 70.7 Å². The molecular weight excluding hydrogens is 234 g/mol. The lowest BCUT2D eigenvalue weighted by molar-refractivity contribution is -0.130. The normalized spacial score (nSPS) is 26.4. The van der Waals surface area contributed by atoms with Crippen LogP contribution in [0.3, 0.4) is 0 Å². The monoisotopic (exact) mass is 257 g/mol. The highest BCUT2D eigenvalue weighted by atomic mass is 16.5. The molecule has 1 aliphatic heterocycles. The zero-order valence-corrected chi connectivity index (χ0v) is 11.5. The van der Waals surface area contributed by atoms with Gasteiger partial charge in [-0.25, -0.2) is 4.79 Å². The van der Waals surface area contributed by atoms with Gasteiger partial charge in [-0.05, 0) is 27.7 Å². The number of hydrogen-bond acceptors (Lipinski definition) is 4. The smallest absolute Gasteiger partial charge is 0.321 e. The van der Waals surface area contributed by atoms with Crippen LogP contribution in [0.25, 0.3) is 0 Å². The second-order valence-corrected chi connectivity index (χ2v) is 4.74. The van der Waals surface area contributed by atoms with Crippen LogP contribution in [0.1, 0.15) is 27.7 Å². The van der Waals surface area contributed by atoms with Gasteiger partial charge in [-0.2, -0.15) is 0 Å². The first-order chi connectivity index (χ1) is 8.43. The second-order valence-electron chi connectivity index (χ2n) is 4.74. The Morgan fingerprint density at radius 2 is 1.89 bits per heavy atom. The van der Waals surface area contributed by atoms with Gasteiger partial charge in [0.15, 0.2) is 0 Å². The third-order valence-corrected chi connectivity index (χ3v) is 2.95. The Kier molecular flexibility index (Phi) is 5.55. The van der Waals surface area contributed by atoms with Crippen molar-refractivity contribution in [2.45, 2.75) is 45.9 Å². The van der Waals surface area contributed by atoms with Gasteiger partial charge < -0.3 is 10.1 Å². The number of hydrogen-bond donors (Lipinski definition) is 2. The van der Waals surface area contributed by atoms with Gasteiger partial charge in [0, 0.05) is 19.6 Å². The van der Waals surface area contributed by atoms with Crippen molar-refractivity contribution in [1.82, 2.24) is 15.5 Å². The fourth-order valence-corrected chi connectivity index (χ4v) is 2.12. The average Bonchev–Trinajstić information content (AvgIpc) is 2.26. The number of morpholine rings is 1. The molecule has 104 valence electrons. The number of nitrogens with one attached hydrogen (secondary N) is 2. The molecule has 0 bridgehead atoms. The van der Waals surface area contributed by atoms with Crippen LogP contribution in [-0.4, -0.2) is 54.7 Å². The molecule has 2 N–H and O–H groups in total. The number of carbonyl (C=O) groups is 2. The molecule has 0 aromatic heterocycles. The molecule has 0 aromatic carbocycles. The van der Waals surface area contributed by atoms with Gasteiger partial charge in [0.25, 0.3) is 0 Å². The predicted molar refractivity (Wildman–Crippen MR) is 68.3 cm³/mol. The van der Waals surface area contributed by atoms with Crippen molar-refractivity contribution in [2.24, 2.45) is 0 Å². The molecule has 0 saturated carbocycles. The Morgan fingerprint density at radius 3 is 2.39 bits per heavy atom. The van der Waals surface area contributed by atoms with Crippen LogP contribution in [0.5, 0.6) is 0 Å². The maximum Gasteiger partial charge on any atom is 0.321 e. The van der Waals surface area contributed by atoms with E-state index in [2.05, 4.69) is 10.6 Å². The van der Waals surface area contributed by atoms with Crippen molar-refractivity contribution >= 4 is 11.9 Å². The second kappa shape index (κ2) is 6.70. The number of carbonyl (C=O) groups excluding carboxylic acids is 2. The van der Waals surface area contributed by atoms with Crippen LogP contribution in [0, 0.1) is 0 Å². The highest BCUT2D eigenvalue weighted by Crippen LogP contribution is 2.13. The van der Waals surface area contributed by atoms with Gasteiger partial charge in [-0.1, -0.05) is 0 Å². The molecule has 0 aromatic rings. The van der Waals surface area contributed by atoms with E-state index < -0.39 is 6.03 Å². The quantitative estimate of drug-likeness (QED) is 0.764. The first-order valence-corrected chi connectivity index (χ1v) is 6.42. The van der Waals surface area contributed by atoms with E-state index in [1.165, 1.54) is 0 Å². The van der Waals surface area contributed by atoms with Crippen molar-refractivity contribution in [1.29, 1.82) is 0 Å². The molecular formula is C12H23N3O3. The van der Waals surface area contributed by atoms with Crippen LogP contribution in [0.4, 0.5) is 4.79 Å². The third-order valence-electron chi connectivity index (χ3n) is 2.95. The van der Waals surface area contributed by atoms with E-state index in [-0.39, 0.29) is 24.2 Å². The standard InChI is InChI=1S/C12H23N3O3/c1-5-13-12(17)14-11(16)10(4)15-6-8(2)18-9(3)7-15/h8-10H,5-7H2,1-4H3,(H2,13,14,16,17). The molecule has 6 heteroatoms. The van der Waals surface area contributed by atoms with Crippen LogP contribution in [0.15, 0.2) is 0 Å². The highest BCUT2D eigenvalue weighted by Gasteiger charge is 2.29. The lowest BCUT2D eigenvalue weighted by Gasteiger charge is -2.38. The van der Waals surface area contributed by atoms with E-state index in [1.54, 1.807) is 13.8 Å². The fourth-order valence-electron chi connectivity index (χ4n) is 2.12. The summed E-state index contributed by atoms with van der Waals surface area (Å²) in [6.07, 6.45) is 0.210. The van der Waals surface area contributed by atoms with Crippen molar-refractivity contribution in [3.8, 4) is 0 Å². The number of amides is 3. The molecule has 1 fully saturated rings. The lowest BCUT2D eigenvalue weighted by atomic mass is 10.1. The summed E-state index contributed by atoms with van der Waals surface area (Å²) < 4.78 is 5.61. The zero-order chi connectivity index (χ0) is 13.7. The van der Waals surface area contributed by atoms with Crippen LogP contribution < -0.4 is 10.6 Å². The number of rotatable bonds is 3. The van der Waals surface area contributed by atoms with Crippen LogP contribution in [0.2, 0.25) is 0 Å². The van der Waals surface area contributed by atoms with Gasteiger partial charge in [0.05, 0.1) is 18.2 Å². The summed E-state index contributed by atoms with van der Waals surface area (Å²) in [7, 11) is 0. The van der Waals surface area contributed by atoms with E-state index in [0.29, 0.717) is 19.6 Å². The van der Waals surface area contributed by atoms with Gasteiger partial charge >= 0.3 is 6.03 Å². The molecule has 18 heavy (non-hydrogen) atoms. The SMILES string of the molecule is CCNC(=O)NC(=O)C(C)N1CC(C)OC(C)C1. The van der Waals surface area contributed by atoms with Crippen LogP contribution in [-0.2, 0) is 9.53 Å². The fraction of sp³-hybridized carbons (Fsp3) is 0.833. The Hall–Kier alpha value is -1.14. The maximum atomic E-state index is 11.9. The average molecular weight is 257 g/mol. The molecule has 1 aliphatic rings. The summed E-state index contributed by atoms with van der Waals surface area (Å²) in [6, 6.07) is -0.773. The number of nitrogens with zero attached hydrogens (tertiary/aromatic N) is 1. The predicted octanol–water partition coefficient (Wildman–Crippen LogP) is 0.330. The Morgan fingerprint density at radius 1 is 1.33 bits per heavy atom. The van der Waals surface area contributed by atoms with Crippen LogP contribution >= 0.6 is 0 Å². The molecule has 6 nitrogen and oxygen atoms in total. The third kappa shape index (κ3) is 4.27. The van der Waals surface area contributed by atoms with E-state index >= 15 is 0 Å². The van der Waals surface area contributed by atoms with Gasteiger partial charge in [0.2, 0.25) is 5.91 Å². The Labute approximate surface area is 108 Å². The molecule has 1 rings (SSSR count). The molecule has 3 unspecified atom stereocenters. The molecule has 3 atom stereocenters. The molecule has 1 heterocycles. The molecule has 0 spiro atoms. The summed E-state index contributed by atoms with van der Waals surface area (Å²) in [5.74, 6) is -0.276. The summed E-state index contributed by atoms with van der Waals surface area (Å²) in [4.78, 5) is 25.2. The van der Waals surface area contributed by atoms with E-state index in [0.717, 1.165) is 0 Å². The van der Waals surface area contributed by atoms with E-state index in [9.17, 15) is 9.59 Å². The zero-order valence-electron chi connectivity index (χ0n) is 11.5. The van der Waals surface area contributed by atoms with E-state index in [4.69, 9.17) is 4.74 Å². The molecule has 0 aliphatic carbocycles. The largest absolute Gasteiger partial charge is 0.373 e. The number of imide groups is 1. The number of ether oxygens (including phenoxy) is 1. The highest BCUT2D eigenvalue weighted by molar-refractivity contribution is 5.96. The van der Waals surface area contributed by atoms with Gasteiger partial charge in [0.1, 0.15) is 0 Å².